The lowest BCUT2D eigenvalue weighted by atomic mass is 10.2. The molecule has 2 aromatic rings. The highest BCUT2D eigenvalue weighted by Crippen LogP contribution is 2.31. The van der Waals surface area contributed by atoms with Crippen LogP contribution in [0.15, 0.2) is 35.4 Å². The van der Waals surface area contributed by atoms with Gasteiger partial charge in [-0.1, -0.05) is 25.0 Å². The van der Waals surface area contributed by atoms with Crippen molar-refractivity contribution in [1.82, 2.24) is 14.2 Å². The van der Waals surface area contributed by atoms with E-state index in [0.717, 1.165) is 24.2 Å². The number of piperazine rings is 1. The highest BCUT2D eigenvalue weighted by Gasteiger charge is 2.33. The topological polar surface area (TPSA) is 56.8 Å². The minimum atomic E-state index is -3.55. The van der Waals surface area contributed by atoms with Gasteiger partial charge in [-0.2, -0.15) is 4.31 Å². The lowest BCUT2D eigenvalue weighted by Gasteiger charge is -2.37. The van der Waals surface area contributed by atoms with E-state index in [9.17, 15) is 8.42 Å². The molecule has 0 spiro atoms. The number of rotatable bonds is 4. The molecular formula is C20H28N4O2S. The molecule has 2 heterocycles. The summed E-state index contributed by atoms with van der Waals surface area (Å²) in [5.74, 6) is 0. The van der Waals surface area contributed by atoms with Crippen molar-refractivity contribution in [2.75, 3.05) is 45.2 Å². The molecule has 1 aromatic carbocycles. The largest absolute Gasteiger partial charge is 0.377 e. The molecule has 4 rings (SSSR count). The van der Waals surface area contributed by atoms with E-state index in [1.165, 1.54) is 25.7 Å². The number of hydrogen-bond donors (Lipinski definition) is 0. The van der Waals surface area contributed by atoms with Crippen molar-refractivity contribution in [3.05, 3.63) is 30.5 Å². The average Bonchev–Trinajstić information content (AvgIpc) is 3.21. The van der Waals surface area contributed by atoms with Crippen LogP contribution in [0.3, 0.4) is 0 Å². The number of aromatic nitrogens is 1. The molecule has 27 heavy (non-hydrogen) atoms. The summed E-state index contributed by atoms with van der Waals surface area (Å²) in [5.41, 5.74) is 1.53. The zero-order valence-electron chi connectivity index (χ0n) is 16.1. The first-order valence-electron chi connectivity index (χ1n) is 9.78. The number of fused-ring (bicyclic) bond motifs is 1. The van der Waals surface area contributed by atoms with E-state index in [1.54, 1.807) is 16.6 Å². The van der Waals surface area contributed by atoms with Crippen LogP contribution in [0.25, 0.3) is 10.9 Å². The minimum Gasteiger partial charge on any atom is -0.377 e. The fourth-order valence-electron chi connectivity index (χ4n) is 4.45. The van der Waals surface area contributed by atoms with Crippen molar-refractivity contribution in [3.8, 4) is 0 Å². The van der Waals surface area contributed by atoms with Crippen LogP contribution in [-0.2, 0) is 10.0 Å². The number of benzene rings is 1. The Kier molecular flexibility index (Phi) is 5.09. The SMILES string of the molecule is CN(C)c1ccnc2c(S(=O)(=O)N3CCN(C4CCCC4)CC3)cccc12. The van der Waals surface area contributed by atoms with Crippen LogP contribution >= 0.6 is 0 Å². The van der Waals surface area contributed by atoms with Crippen molar-refractivity contribution in [3.63, 3.8) is 0 Å². The summed E-state index contributed by atoms with van der Waals surface area (Å²) < 4.78 is 28.4. The molecule has 0 atom stereocenters. The van der Waals surface area contributed by atoms with Gasteiger partial charge in [0, 0.05) is 63.6 Å². The van der Waals surface area contributed by atoms with E-state index < -0.39 is 10.0 Å². The molecule has 1 saturated heterocycles. The van der Waals surface area contributed by atoms with Gasteiger partial charge in [0.05, 0.1) is 5.52 Å². The average molecular weight is 389 g/mol. The first kappa shape index (κ1) is 18.7. The van der Waals surface area contributed by atoms with Crippen molar-refractivity contribution in [2.24, 2.45) is 0 Å². The summed E-state index contributed by atoms with van der Waals surface area (Å²) in [5, 5.41) is 0.869. The molecule has 0 radical (unpaired) electrons. The third kappa shape index (κ3) is 3.44. The minimum absolute atomic E-state index is 0.318. The van der Waals surface area contributed by atoms with Gasteiger partial charge in [0.15, 0.2) is 0 Å². The summed E-state index contributed by atoms with van der Waals surface area (Å²) in [6.07, 6.45) is 6.81. The van der Waals surface area contributed by atoms with E-state index in [4.69, 9.17) is 0 Å². The van der Waals surface area contributed by atoms with Crippen LogP contribution in [0.4, 0.5) is 5.69 Å². The standard InChI is InChI=1S/C20H28N4O2S/c1-22(2)18-10-11-21-20-17(18)8-5-9-19(20)27(25,26)24-14-12-23(13-15-24)16-6-3-4-7-16/h5,8-11,16H,3-4,6-7,12-15H2,1-2H3. The normalized spacial score (nSPS) is 20.4. The van der Waals surface area contributed by atoms with Gasteiger partial charge >= 0.3 is 0 Å². The molecule has 0 N–H and O–H groups in total. The van der Waals surface area contributed by atoms with E-state index in [-0.39, 0.29) is 0 Å². The molecule has 0 unspecified atom stereocenters. The lowest BCUT2D eigenvalue weighted by molar-refractivity contribution is 0.139. The second-order valence-corrected chi connectivity index (χ2v) is 9.66. The molecular weight excluding hydrogens is 360 g/mol. The van der Waals surface area contributed by atoms with E-state index in [1.807, 2.05) is 37.2 Å². The molecule has 1 aliphatic carbocycles. The summed E-state index contributed by atoms with van der Waals surface area (Å²) >= 11 is 0. The van der Waals surface area contributed by atoms with Crippen molar-refractivity contribution < 1.29 is 8.42 Å². The molecule has 0 amide bonds. The van der Waals surface area contributed by atoms with E-state index in [0.29, 0.717) is 29.5 Å². The molecule has 7 heteroatoms. The molecule has 2 aliphatic rings. The van der Waals surface area contributed by atoms with Gasteiger partial charge in [0.1, 0.15) is 4.90 Å². The quantitative estimate of drug-likeness (QED) is 0.806. The van der Waals surface area contributed by atoms with Gasteiger partial charge in [0.2, 0.25) is 10.0 Å². The number of hydrogen-bond acceptors (Lipinski definition) is 5. The van der Waals surface area contributed by atoms with Gasteiger partial charge < -0.3 is 4.90 Å². The lowest BCUT2D eigenvalue weighted by Crippen LogP contribution is -2.51. The van der Waals surface area contributed by atoms with Crippen molar-refractivity contribution >= 4 is 26.6 Å². The number of anilines is 1. The number of para-hydroxylation sites is 1. The van der Waals surface area contributed by atoms with Crippen LogP contribution in [0.2, 0.25) is 0 Å². The first-order chi connectivity index (χ1) is 13.0. The number of nitrogens with zero attached hydrogens (tertiary/aromatic N) is 4. The molecule has 146 valence electrons. The van der Waals surface area contributed by atoms with Crippen LogP contribution in [0, 0.1) is 0 Å². The van der Waals surface area contributed by atoms with Crippen LogP contribution in [-0.4, -0.2) is 68.9 Å². The molecule has 1 aromatic heterocycles. The molecule has 6 nitrogen and oxygen atoms in total. The van der Waals surface area contributed by atoms with Crippen LogP contribution < -0.4 is 4.90 Å². The summed E-state index contributed by atoms with van der Waals surface area (Å²) in [4.78, 5) is 9.20. The van der Waals surface area contributed by atoms with Gasteiger partial charge in [-0.05, 0) is 25.0 Å². The molecule has 1 aliphatic heterocycles. The first-order valence-corrected chi connectivity index (χ1v) is 11.2. The molecule has 1 saturated carbocycles. The molecule has 2 fully saturated rings. The predicted molar refractivity (Wildman–Crippen MR) is 109 cm³/mol. The Hall–Kier alpha value is -1.70. The third-order valence-corrected chi connectivity index (χ3v) is 7.86. The predicted octanol–water partition coefficient (Wildman–Crippen LogP) is 2.55. The van der Waals surface area contributed by atoms with Gasteiger partial charge in [-0.15, -0.1) is 0 Å². The number of pyridine rings is 1. The molecule has 0 bridgehead atoms. The van der Waals surface area contributed by atoms with E-state index >= 15 is 0 Å². The van der Waals surface area contributed by atoms with Gasteiger partial charge in [-0.3, -0.25) is 9.88 Å². The Balaban J connectivity index is 1.62. The van der Waals surface area contributed by atoms with Crippen molar-refractivity contribution in [2.45, 2.75) is 36.6 Å². The summed E-state index contributed by atoms with van der Waals surface area (Å²) in [7, 11) is 0.361. The Morgan fingerprint density at radius 2 is 1.74 bits per heavy atom. The maximum atomic E-state index is 13.4. The highest BCUT2D eigenvalue weighted by atomic mass is 32.2. The summed E-state index contributed by atoms with van der Waals surface area (Å²) in [6, 6.07) is 8.01. The maximum absolute atomic E-state index is 13.4. The van der Waals surface area contributed by atoms with E-state index in [2.05, 4.69) is 9.88 Å². The second-order valence-electron chi connectivity index (χ2n) is 7.76. The Labute approximate surface area is 161 Å². The maximum Gasteiger partial charge on any atom is 0.245 e. The smallest absolute Gasteiger partial charge is 0.245 e. The van der Waals surface area contributed by atoms with Gasteiger partial charge in [0.25, 0.3) is 0 Å². The zero-order valence-corrected chi connectivity index (χ0v) is 17.0. The Bertz CT molecular complexity index is 915. The third-order valence-electron chi connectivity index (χ3n) is 5.92. The van der Waals surface area contributed by atoms with Crippen molar-refractivity contribution in [1.29, 1.82) is 0 Å². The highest BCUT2D eigenvalue weighted by molar-refractivity contribution is 7.89. The monoisotopic (exact) mass is 388 g/mol. The van der Waals surface area contributed by atoms with Crippen LogP contribution in [0.1, 0.15) is 25.7 Å². The summed E-state index contributed by atoms with van der Waals surface area (Å²) in [6.45, 7) is 2.77. The fourth-order valence-corrected chi connectivity index (χ4v) is 6.03. The van der Waals surface area contributed by atoms with Crippen LogP contribution in [0.5, 0.6) is 0 Å². The Morgan fingerprint density at radius 3 is 2.41 bits per heavy atom. The van der Waals surface area contributed by atoms with Gasteiger partial charge in [-0.25, -0.2) is 8.42 Å². The Morgan fingerprint density at radius 1 is 1.04 bits per heavy atom. The fraction of sp³-hybridized carbons (Fsp3) is 0.550. The number of sulfonamides is 1. The zero-order chi connectivity index (χ0) is 19.0. The second kappa shape index (κ2) is 7.37.